The van der Waals surface area contributed by atoms with Gasteiger partial charge in [-0.1, -0.05) is 0 Å². The molecule has 0 spiro atoms. The summed E-state index contributed by atoms with van der Waals surface area (Å²) in [5.41, 5.74) is -0.738. The average Bonchev–Trinajstić information content (AvgIpc) is 3.26. The molecule has 13 heteroatoms. The molecule has 0 saturated carbocycles. The van der Waals surface area contributed by atoms with E-state index in [9.17, 15) is 27.9 Å². The van der Waals surface area contributed by atoms with Gasteiger partial charge < -0.3 is 25.8 Å². The monoisotopic (exact) mass is 528 g/mol. The van der Waals surface area contributed by atoms with E-state index in [0.29, 0.717) is 16.7 Å². The number of aliphatic hydroxyl groups excluding tert-OH is 1. The molecule has 0 aliphatic carbocycles. The lowest BCUT2D eigenvalue weighted by atomic mass is 10.1. The summed E-state index contributed by atoms with van der Waals surface area (Å²) in [6, 6.07) is 10.7. The molecule has 1 atom stereocenters. The fourth-order valence-electron chi connectivity index (χ4n) is 3.58. The smallest absolute Gasteiger partial charge is 0.418 e. The Morgan fingerprint density at radius 2 is 1.87 bits per heavy atom. The second kappa shape index (κ2) is 10.8. The second-order valence-corrected chi connectivity index (χ2v) is 8.35. The van der Waals surface area contributed by atoms with Gasteiger partial charge in [-0.3, -0.25) is 9.36 Å². The molecule has 0 aliphatic rings. The van der Waals surface area contributed by atoms with Crippen molar-refractivity contribution >= 4 is 40.0 Å². The first-order valence-electron chi connectivity index (χ1n) is 11.3. The number of ether oxygens (including phenoxy) is 1. The molecule has 38 heavy (non-hydrogen) atoms. The second-order valence-electron chi connectivity index (χ2n) is 8.35. The van der Waals surface area contributed by atoms with E-state index in [1.165, 1.54) is 49.1 Å². The molecule has 0 saturated heterocycles. The summed E-state index contributed by atoms with van der Waals surface area (Å²) in [5.74, 6) is 0.562. The number of aromatic nitrogens is 3. The molecule has 0 radical (unpaired) electrons. The van der Waals surface area contributed by atoms with Gasteiger partial charge in [0.05, 0.1) is 17.2 Å². The number of amides is 2. The molecule has 198 valence electrons. The third-order valence-corrected chi connectivity index (χ3v) is 5.21. The zero-order chi connectivity index (χ0) is 27.4. The summed E-state index contributed by atoms with van der Waals surface area (Å²) in [4.78, 5) is 32.0. The predicted molar refractivity (Wildman–Crippen MR) is 134 cm³/mol. The van der Waals surface area contributed by atoms with E-state index in [-0.39, 0.29) is 35.5 Å². The molecule has 4 aromatic rings. The lowest BCUT2D eigenvalue weighted by Crippen LogP contribution is -2.20. The van der Waals surface area contributed by atoms with E-state index < -0.39 is 23.9 Å². The van der Waals surface area contributed by atoms with E-state index in [2.05, 4.69) is 25.9 Å². The first-order valence-corrected chi connectivity index (χ1v) is 11.3. The van der Waals surface area contributed by atoms with Gasteiger partial charge in [0.15, 0.2) is 0 Å². The minimum atomic E-state index is -4.68. The van der Waals surface area contributed by atoms with Gasteiger partial charge in [-0.05, 0) is 49.4 Å². The zero-order valence-electron chi connectivity index (χ0n) is 20.2. The molecule has 2 aromatic carbocycles. The van der Waals surface area contributed by atoms with Crippen LogP contribution in [0, 0.1) is 0 Å². The number of rotatable bonds is 7. The minimum Gasteiger partial charge on any atom is -0.439 e. The lowest BCUT2D eigenvalue weighted by Gasteiger charge is -2.17. The summed E-state index contributed by atoms with van der Waals surface area (Å²) in [6.45, 7) is 2.73. The van der Waals surface area contributed by atoms with Crippen molar-refractivity contribution in [3.63, 3.8) is 0 Å². The van der Waals surface area contributed by atoms with E-state index in [0.717, 1.165) is 6.07 Å². The summed E-state index contributed by atoms with van der Waals surface area (Å²) in [6.07, 6.45) is -2.80. The maximum atomic E-state index is 13.6. The number of hydrogen-bond donors (Lipinski definition) is 4. The highest BCUT2D eigenvalue weighted by Crippen LogP contribution is 2.37. The lowest BCUT2D eigenvalue weighted by molar-refractivity contribution is -0.137. The summed E-state index contributed by atoms with van der Waals surface area (Å²) >= 11 is 0. The highest BCUT2D eigenvalue weighted by molar-refractivity contribution is 5.99. The Bertz CT molecular complexity index is 1490. The Morgan fingerprint density at radius 1 is 1.08 bits per heavy atom. The fourth-order valence-corrected chi connectivity index (χ4v) is 3.58. The largest absolute Gasteiger partial charge is 0.439 e. The van der Waals surface area contributed by atoms with Crippen molar-refractivity contribution in [1.82, 2.24) is 14.5 Å². The van der Waals surface area contributed by atoms with Crippen LogP contribution >= 0.6 is 0 Å². The SMILES string of the molecule is CC(=O)Nc1cc(Oc2ccc3c(ccn3C(=O)Nc3ccc(NCC(C)O)c(C(F)(F)F)c3)c2)ncn1. The third-order valence-electron chi connectivity index (χ3n) is 5.21. The van der Waals surface area contributed by atoms with Crippen molar-refractivity contribution in [3.05, 3.63) is 66.6 Å². The quantitative estimate of drug-likeness (QED) is 0.263. The number of carbonyl (C=O) groups is 2. The van der Waals surface area contributed by atoms with Gasteiger partial charge in [0.25, 0.3) is 0 Å². The number of nitrogens with one attached hydrogen (secondary N) is 3. The van der Waals surface area contributed by atoms with Crippen molar-refractivity contribution < 1.29 is 32.6 Å². The Morgan fingerprint density at radius 3 is 2.58 bits per heavy atom. The summed E-state index contributed by atoms with van der Waals surface area (Å²) < 4.78 is 47.7. The van der Waals surface area contributed by atoms with Gasteiger partial charge in [-0.15, -0.1) is 0 Å². The first-order chi connectivity index (χ1) is 18.0. The Hall–Kier alpha value is -4.65. The normalized spacial score (nSPS) is 12.2. The Labute approximate surface area is 214 Å². The van der Waals surface area contributed by atoms with Crippen LogP contribution in [0.1, 0.15) is 19.4 Å². The van der Waals surface area contributed by atoms with Gasteiger partial charge in [-0.25, -0.2) is 14.8 Å². The van der Waals surface area contributed by atoms with Crippen molar-refractivity contribution in [2.24, 2.45) is 0 Å². The number of anilines is 3. The van der Waals surface area contributed by atoms with Crippen LogP contribution in [0.5, 0.6) is 11.6 Å². The van der Waals surface area contributed by atoms with Crippen LogP contribution in [0.3, 0.4) is 0 Å². The molecule has 1 unspecified atom stereocenters. The molecule has 0 fully saturated rings. The number of benzene rings is 2. The number of halogens is 3. The van der Waals surface area contributed by atoms with E-state index in [1.807, 2.05) is 0 Å². The van der Waals surface area contributed by atoms with Gasteiger partial charge >= 0.3 is 12.2 Å². The molecule has 0 bridgehead atoms. The molecule has 2 amide bonds. The fraction of sp³-hybridized carbons (Fsp3) is 0.200. The zero-order valence-corrected chi connectivity index (χ0v) is 20.2. The van der Waals surface area contributed by atoms with Crippen LogP contribution in [0.2, 0.25) is 0 Å². The number of fused-ring (bicyclic) bond motifs is 1. The van der Waals surface area contributed by atoms with Crippen molar-refractivity contribution in [3.8, 4) is 11.6 Å². The Kier molecular flexibility index (Phi) is 7.48. The van der Waals surface area contributed by atoms with Gasteiger partial charge in [0.1, 0.15) is 17.9 Å². The van der Waals surface area contributed by atoms with Gasteiger partial charge in [0, 0.05) is 42.5 Å². The number of nitrogens with zero attached hydrogens (tertiary/aromatic N) is 3. The summed E-state index contributed by atoms with van der Waals surface area (Å²) in [7, 11) is 0. The van der Waals surface area contributed by atoms with E-state index in [1.54, 1.807) is 24.3 Å². The molecule has 0 aliphatic heterocycles. The highest BCUT2D eigenvalue weighted by atomic mass is 19.4. The number of aliphatic hydroxyl groups is 1. The van der Waals surface area contributed by atoms with Crippen molar-refractivity contribution in [2.75, 3.05) is 22.5 Å². The summed E-state index contributed by atoms with van der Waals surface area (Å²) in [5, 5.41) is 17.6. The molecule has 2 heterocycles. The van der Waals surface area contributed by atoms with Gasteiger partial charge in [-0.2, -0.15) is 13.2 Å². The van der Waals surface area contributed by atoms with Crippen molar-refractivity contribution in [2.45, 2.75) is 26.1 Å². The molecular formula is C25H23F3N6O4. The number of carbonyl (C=O) groups excluding carboxylic acids is 2. The predicted octanol–water partition coefficient (Wildman–Crippen LogP) is 5.07. The highest BCUT2D eigenvalue weighted by Gasteiger charge is 2.34. The van der Waals surface area contributed by atoms with Crippen LogP contribution in [0.25, 0.3) is 10.9 Å². The van der Waals surface area contributed by atoms with E-state index in [4.69, 9.17) is 4.74 Å². The minimum absolute atomic E-state index is 0.0505. The number of hydrogen-bond acceptors (Lipinski definition) is 7. The van der Waals surface area contributed by atoms with Crippen LogP contribution in [-0.2, 0) is 11.0 Å². The van der Waals surface area contributed by atoms with E-state index >= 15 is 0 Å². The van der Waals surface area contributed by atoms with Crippen LogP contribution in [-0.4, -0.2) is 44.2 Å². The maximum Gasteiger partial charge on any atom is 0.418 e. The molecule has 2 aromatic heterocycles. The third kappa shape index (κ3) is 6.37. The van der Waals surface area contributed by atoms with Crippen LogP contribution in [0.15, 0.2) is 61.1 Å². The topological polar surface area (TPSA) is 130 Å². The first kappa shape index (κ1) is 26.4. The molecular weight excluding hydrogens is 505 g/mol. The van der Waals surface area contributed by atoms with Gasteiger partial charge in [0.2, 0.25) is 11.8 Å². The molecule has 10 nitrogen and oxygen atoms in total. The Balaban J connectivity index is 1.52. The standard InChI is InChI=1S/C25H23F3N6O4/c1-14(35)12-29-20-5-3-17(10-19(20)25(26,27)28)33-24(37)34-8-7-16-9-18(4-6-21(16)34)38-23-11-22(30-13-31-23)32-15(2)36/h3-11,13-14,29,35H,12H2,1-2H3,(H,33,37)(H,30,31,32,36). The average molecular weight is 528 g/mol. The van der Waals surface area contributed by atoms with Crippen molar-refractivity contribution in [1.29, 1.82) is 0 Å². The maximum absolute atomic E-state index is 13.6. The van der Waals surface area contributed by atoms with Crippen LogP contribution < -0.4 is 20.7 Å². The molecule has 4 N–H and O–H groups in total. The molecule has 4 rings (SSSR count). The van der Waals surface area contributed by atoms with Crippen LogP contribution in [0.4, 0.5) is 35.2 Å². The number of alkyl halides is 3.